The van der Waals surface area contributed by atoms with Gasteiger partial charge >= 0.3 is 12.1 Å². The fourth-order valence-electron chi connectivity index (χ4n) is 12.0. The molecule has 0 saturated carbocycles. The number of aliphatic hydroxyl groups is 1. The molecule has 24 heteroatoms. The Morgan fingerprint density at radius 3 is 1.97 bits per heavy atom. The summed E-state index contributed by atoms with van der Waals surface area (Å²) in [5.74, 6) is -5.69. The number of methoxy groups -OCH3 is 2. The molecule has 0 spiro atoms. The minimum absolute atomic E-state index is 0.0881. The number of benzene rings is 3. The Kier molecular flexibility index (Phi) is 32.2. The van der Waals surface area contributed by atoms with Crippen LogP contribution in [-0.2, 0) is 49.6 Å². The normalized spacial score (nSPS) is 16.8. The number of thioether (sulfide) groups is 1. The number of aliphatic hydroxyl groups excluding tert-OH is 1. The second-order valence-corrected chi connectivity index (χ2v) is 26.2. The smallest absolute Gasteiger partial charge is 0.410 e. The van der Waals surface area contributed by atoms with Gasteiger partial charge in [-0.2, -0.15) is 0 Å². The third kappa shape index (κ3) is 22.4. The Morgan fingerprint density at radius 2 is 1.41 bits per heavy atom. The molecule has 0 aromatic heterocycles. The van der Waals surface area contributed by atoms with E-state index in [1.165, 1.54) is 44.1 Å². The number of primary amides is 1. The van der Waals surface area contributed by atoms with E-state index < -0.39 is 114 Å². The molecule has 1 saturated heterocycles. The maximum absolute atomic E-state index is 14.8. The average Bonchev–Trinajstić information content (AvgIpc) is 1.50. The average molecular weight is 1320 g/mol. The molecular weight excluding hydrogens is 1220 g/mol. The van der Waals surface area contributed by atoms with Crippen molar-refractivity contribution in [2.24, 2.45) is 41.2 Å². The van der Waals surface area contributed by atoms with Crippen LogP contribution in [0.5, 0.6) is 0 Å². The lowest BCUT2D eigenvalue weighted by Gasteiger charge is -2.41. The molecule has 0 bridgehead atoms. The third-order valence-corrected chi connectivity index (χ3v) is 18.5. The zero-order valence-electron chi connectivity index (χ0n) is 57.4. The van der Waals surface area contributed by atoms with Gasteiger partial charge in [-0.15, -0.1) is 11.8 Å². The van der Waals surface area contributed by atoms with Crippen molar-refractivity contribution in [3.8, 4) is 0 Å². The molecule has 1 aliphatic rings. The molecular formula is C70H102N10O13S. The molecule has 3 aromatic rings. The Hall–Kier alpha value is -7.85. The molecule has 94 heavy (non-hydrogen) atoms. The highest BCUT2D eigenvalue weighted by molar-refractivity contribution is 8.07. The lowest BCUT2D eigenvalue weighted by atomic mass is 9.87. The van der Waals surface area contributed by atoms with E-state index in [9.17, 15) is 48.3 Å². The van der Waals surface area contributed by atoms with Gasteiger partial charge in [0.05, 0.1) is 55.3 Å². The molecule has 0 radical (unpaired) electrons. The summed E-state index contributed by atoms with van der Waals surface area (Å²) in [5, 5.41) is 25.0. The number of nitrogens with two attached hydrogens (primary N) is 1. The number of nitrogens with one attached hydrogen (secondary N) is 5. The van der Waals surface area contributed by atoms with Crippen molar-refractivity contribution in [1.29, 1.82) is 0 Å². The highest BCUT2D eigenvalue weighted by Gasteiger charge is 2.44. The summed E-state index contributed by atoms with van der Waals surface area (Å²) in [5.41, 5.74) is 8.01. The summed E-state index contributed by atoms with van der Waals surface area (Å²) in [6.45, 7) is 25.8. The van der Waals surface area contributed by atoms with Gasteiger partial charge in [0.2, 0.25) is 35.4 Å². The monoisotopic (exact) mass is 1320 g/mol. The van der Waals surface area contributed by atoms with Crippen LogP contribution in [0, 0.1) is 42.1 Å². The second-order valence-electron chi connectivity index (χ2n) is 25.4. The first kappa shape index (κ1) is 78.6. The van der Waals surface area contributed by atoms with E-state index in [0.29, 0.717) is 48.2 Å². The first-order valence-corrected chi connectivity index (χ1v) is 33.6. The molecule has 1 fully saturated rings. The SMILES string of the molecule is [C-]#[N+]C=C(SC)c1ccc(C(=O)C[C@H](C(=O)N[C@@H](CCCNC(N)=O)C(=O)Nc2ccc(COC(=O)N(C)[C@H](C(=O)N[C@H](C(=O)N(C)[C@@H]([C@@H](C)CC)[C@@H](CC(=O)N3CCC[C@H]3[C@H](OC)[C@@H](C)C(=O)N[C@H](C)[C@@H](O)c3ccccc3)OC)C(C)C)C(C)C)cc2)C(C)C)cc1. The van der Waals surface area contributed by atoms with Gasteiger partial charge in [0.15, 0.2) is 12.0 Å². The van der Waals surface area contributed by atoms with E-state index in [-0.39, 0.29) is 68.3 Å². The summed E-state index contributed by atoms with van der Waals surface area (Å²) in [7, 11) is 6.10. The molecule has 23 nitrogen and oxygen atoms in total. The van der Waals surface area contributed by atoms with E-state index in [1.807, 2.05) is 52.1 Å². The van der Waals surface area contributed by atoms with Crippen molar-refractivity contribution < 1.29 is 62.5 Å². The molecule has 1 aliphatic heterocycles. The lowest BCUT2D eigenvalue weighted by Crippen LogP contribution is -2.60. The summed E-state index contributed by atoms with van der Waals surface area (Å²) < 4.78 is 17.8. The number of hydrogen-bond acceptors (Lipinski definition) is 14. The number of rotatable bonds is 36. The number of ketones is 1. The topological polar surface area (TPSA) is 302 Å². The second kappa shape index (κ2) is 38.5. The lowest BCUT2D eigenvalue weighted by molar-refractivity contribution is -0.148. The molecule has 3 aromatic carbocycles. The Balaban J connectivity index is 1.41. The van der Waals surface area contributed by atoms with Gasteiger partial charge in [0.1, 0.15) is 24.7 Å². The third-order valence-electron chi connectivity index (χ3n) is 17.7. The van der Waals surface area contributed by atoms with Gasteiger partial charge in [0, 0.05) is 69.9 Å². The van der Waals surface area contributed by atoms with Gasteiger partial charge in [-0.05, 0) is 91.4 Å². The summed E-state index contributed by atoms with van der Waals surface area (Å²) in [6.07, 6.45) is 2.15. The van der Waals surface area contributed by atoms with Crippen molar-refractivity contribution in [3.05, 3.63) is 119 Å². The van der Waals surface area contributed by atoms with E-state index in [4.69, 9.17) is 26.5 Å². The van der Waals surface area contributed by atoms with Crippen LogP contribution in [0.25, 0.3) is 9.75 Å². The van der Waals surface area contributed by atoms with Crippen LogP contribution < -0.4 is 32.3 Å². The quantitative estimate of drug-likeness (QED) is 0.0163. The van der Waals surface area contributed by atoms with Crippen LogP contribution in [0.2, 0.25) is 0 Å². The Morgan fingerprint density at radius 1 is 0.777 bits per heavy atom. The largest absolute Gasteiger partial charge is 0.445 e. The predicted molar refractivity (Wildman–Crippen MR) is 364 cm³/mol. The zero-order chi connectivity index (χ0) is 70.1. The number of nitrogens with zero attached hydrogens (tertiary/aromatic N) is 4. The van der Waals surface area contributed by atoms with Crippen molar-refractivity contribution in [2.45, 2.75) is 175 Å². The number of likely N-dealkylation sites (N-methyl/N-ethyl adjacent to an activating group) is 2. The first-order chi connectivity index (χ1) is 44.5. The van der Waals surface area contributed by atoms with Gasteiger partial charge in [-0.3, -0.25) is 38.5 Å². The van der Waals surface area contributed by atoms with E-state index in [2.05, 4.69) is 31.4 Å². The Bertz CT molecular complexity index is 3070. The van der Waals surface area contributed by atoms with E-state index in [1.54, 1.807) is 119 Å². The standard InChI is InChI=1S/C70H102N10O13S/c1-17-44(8)61(56(91-14)38-58(82)80-36-22-26-54(80)63(92-15)45(9)64(84)74-46(10)62(83)50-23-19-18-20-24-50)78(12)68(88)59(42(4)5)77-67(87)60(43(6)7)79(13)70(90)93-40-47-27-33-51(34-28-47)75-66(86)53(25-21-35-73-69(71)89)76-65(85)52(41(2)3)37-55(81)48-29-31-49(32-30-48)57(94-16)39-72-11/h18-20,23-24,27-34,39,41-46,52-54,56,59-63,83H,17,21-22,25-26,35-38,40H2,1-10,12-16H3,(H,74,84)(H,75,86)(H,76,85)(H,77,87)(H3,71,73,89)/t44-,45+,46+,52-,53-,54-,56+,59-,60-,61-,62+,63+/m0/s1. The number of amides is 9. The number of urea groups is 1. The molecule has 8 N–H and O–H groups in total. The van der Waals surface area contributed by atoms with Gasteiger partial charge < -0.3 is 61.4 Å². The highest BCUT2D eigenvalue weighted by atomic mass is 32.2. The molecule has 9 amide bonds. The van der Waals surface area contributed by atoms with Gasteiger partial charge in [-0.25, -0.2) is 14.4 Å². The molecule has 4 rings (SSSR count). The summed E-state index contributed by atoms with van der Waals surface area (Å²) in [4.78, 5) is 133. The fourth-order valence-corrected chi connectivity index (χ4v) is 12.5. The number of likely N-dealkylation sites (tertiary alicyclic amines) is 1. The van der Waals surface area contributed by atoms with Crippen LogP contribution in [0.3, 0.4) is 0 Å². The van der Waals surface area contributed by atoms with Crippen LogP contribution in [0.15, 0.2) is 85.1 Å². The number of anilines is 1. The van der Waals surface area contributed by atoms with E-state index in [0.717, 1.165) is 10.5 Å². The molecule has 12 atom stereocenters. The maximum Gasteiger partial charge on any atom is 0.410 e. The van der Waals surface area contributed by atoms with Crippen molar-refractivity contribution in [1.82, 2.24) is 36.0 Å². The number of ether oxygens (including phenoxy) is 3. The molecule has 516 valence electrons. The number of Topliss-reactive ketones (excluding diaryl/α,β-unsaturated/α-hetero) is 1. The number of carbonyl (C=O) groups excluding carboxylic acids is 9. The number of hydrogen-bond donors (Lipinski definition) is 7. The fraction of sp³-hybridized carbons (Fsp3) is 0.571. The maximum atomic E-state index is 14.8. The van der Waals surface area contributed by atoms with Gasteiger partial charge in [0.25, 0.3) is 0 Å². The van der Waals surface area contributed by atoms with Crippen LogP contribution in [-0.4, -0.2) is 169 Å². The highest BCUT2D eigenvalue weighted by Crippen LogP contribution is 2.32. The zero-order valence-corrected chi connectivity index (χ0v) is 58.3. The van der Waals surface area contributed by atoms with Crippen molar-refractivity contribution >= 4 is 75.7 Å². The molecule has 0 aliphatic carbocycles. The van der Waals surface area contributed by atoms with Crippen LogP contribution >= 0.6 is 11.8 Å². The van der Waals surface area contributed by atoms with Crippen LogP contribution in [0.4, 0.5) is 15.3 Å². The van der Waals surface area contributed by atoms with Crippen LogP contribution in [0.1, 0.15) is 147 Å². The minimum atomic E-state index is -1.08. The molecule has 0 unspecified atom stereocenters. The number of carbonyl (C=O) groups is 9. The first-order valence-electron chi connectivity index (χ1n) is 32.4. The van der Waals surface area contributed by atoms with Crippen molar-refractivity contribution in [3.63, 3.8) is 0 Å². The Labute approximate surface area is 560 Å². The molecule has 1 heterocycles. The summed E-state index contributed by atoms with van der Waals surface area (Å²) in [6, 6.07) is 16.7. The minimum Gasteiger partial charge on any atom is -0.445 e. The predicted octanol–water partition coefficient (Wildman–Crippen LogP) is 8.58. The summed E-state index contributed by atoms with van der Waals surface area (Å²) >= 11 is 1.41. The van der Waals surface area contributed by atoms with E-state index >= 15 is 0 Å². The van der Waals surface area contributed by atoms with Gasteiger partial charge in [-0.1, -0.05) is 135 Å². The van der Waals surface area contributed by atoms with Crippen molar-refractivity contribution in [2.75, 3.05) is 53.0 Å².